The highest BCUT2D eigenvalue weighted by Gasteiger charge is 2.18. The smallest absolute Gasteiger partial charge is 0.260 e. The SMILES string of the molecule is Cc1ccnc(NC(=O)c2ccccc2OC[C@@H]2CCCO2)c1. The predicted molar refractivity (Wildman–Crippen MR) is 87.8 cm³/mol. The predicted octanol–water partition coefficient (Wildman–Crippen LogP) is 3.20. The number of carbonyl (C=O) groups is 1. The first kappa shape index (κ1) is 15.5. The zero-order valence-electron chi connectivity index (χ0n) is 13.1. The van der Waals surface area contributed by atoms with Crippen LogP contribution in [0, 0.1) is 6.92 Å². The van der Waals surface area contributed by atoms with Gasteiger partial charge in [-0.15, -0.1) is 0 Å². The van der Waals surface area contributed by atoms with Crippen LogP contribution >= 0.6 is 0 Å². The Morgan fingerprint density at radius 1 is 1.39 bits per heavy atom. The van der Waals surface area contributed by atoms with E-state index in [2.05, 4.69) is 10.3 Å². The van der Waals surface area contributed by atoms with Gasteiger partial charge in [0.15, 0.2) is 0 Å². The second-order valence-corrected chi connectivity index (χ2v) is 5.61. The van der Waals surface area contributed by atoms with Crippen molar-refractivity contribution >= 4 is 11.7 Å². The van der Waals surface area contributed by atoms with Gasteiger partial charge in [-0.2, -0.15) is 0 Å². The first-order valence-electron chi connectivity index (χ1n) is 7.80. The standard InChI is InChI=1S/C18H20N2O3/c1-13-8-9-19-17(11-13)20-18(21)15-6-2-3-7-16(15)23-12-14-5-4-10-22-14/h2-3,6-9,11,14H,4-5,10,12H2,1H3,(H,19,20,21)/t14-/m0/s1. The van der Waals surface area contributed by atoms with Crippen molar-refractivity contribution in [3.8, 4) is 5.75 Å². The highest BCUT2D eigenvalue weighted by molar-refractivity contribution is 6.05. The molecule has 0 bridgehead atoms. The van der Waals surface area contributed by atoms with Gasteiger partial charge in [-0.1, -0.05) is 12.1 Å². The summed E-state index contributed by atoms with van der Waals surface area (Å²) in [6, 6.07) is 10.9. The molecule has 1 aliphatic heterocycles. The maximum absolute atomic E-state index is 12.5. The molecule has 1 N–H and O–H groups in total. The molecule has 1 aromatic heterocycles. The molecule has 23 heavy (non-hydrogen) atoms. The van der Waals surface area contributed by atoms with Gasteiger partial charge in [0.05, 0.1) is 11.7 Å². The summed E-state index contributed by atoms with van der Waals surface area (Å²) in [5.41, 5.74) is 1.53. The molecule has 2 heterocycles. The van der Waals surface area contributed by atoms with Gasteiger partial charge in [-0.25, -0.2) is 4.98 Å². The Hall–Kier alpha value is -2.40. The van der Waals surface area contributed by atoms with Crippen molar-refractivity contribution in [2.24, 2.45) is 0 Å². The number of hydrogen-bond acceptors (Lipinski definition) is 4. The number of para-hydroxylation sites is 1. The minimum Gasteiger partial charge on any atom is -0.490 e. The summed E-state index contributed by atoms with van der Waals surface area (Å²) < 4.78 is 11.3. The Morgan fingerprint density at radius 2 is 2.26 bits per heavy atom. The van der Waals surface area contributed by atoms with Gasteiger partial charge >= 0.3 is 0 Å². The van der Waals surface area contributed by atoms with E-state index in [1.54, 1.807) is 18.3 Å². The van der Waals surface area contributed by atoms with Crippen LogP contribution in [0.4, 0.5) is 5.82 Å². The second kappa shape index (κ2) is 7.24. The normalized spacial score (nSPS) is 17.0. The lowest BCUT2D eigenvalue weighted by Crippen LogP contribution is -2.19. The average molecular weight is 312 g/mol. The van der Waals surface area contributed by atoms with Crippen LogP contribution in [0.5, 0.6) is 5.75 Å². The summed E-state index contributed by atoms with van der Waals surface area (Å²) in [6.07, 6.45) is 3.85. The van der Waals surface area contributed by atoms with E-state index in [-0.39, 0.29) is 12.0 Å². The minimum absolute atomic E-state index is 0.115. The van der Waals surface area contributed by atoms with Crippen LogP contribution in [-0.4, -0.2) is 30.2 Å². The third kappa shape index (κ3) is 4.07. The van der Waals surface area contributed by atoms with Crippen LogP contribution in [0.15, 0.2) is 42.6 Å². The van der Waals surface area contributed by atoms with Crippen LogP contribution in [0.2, 0.25) is 0 Å². The van der Waals surface area contributed by atoms with Gasteiger partial charge in [0.25, 0.3) is 5.91 Å². The van der Waals surface area contributed by atoms with Gasteiger partial charge in [-0.05, 0) is 49.6 Å². The molecule has 0 saturated carbocycles. The van der Waals surface area contributed by atoms with E-state index in [4.69, 9.17) is 9.47 Å². The number of anilines is 1. The van der Waals surface area contributed by atoms with Gasteiger partial charge in [0.2, 0.25) is 0 Å². The summed E-state index contributed by atoms with van der Waals surface area (Å²) in [5, 5.41) is 2.81. The Bertz CT molecular complexity index is 681. The molecule has 1 saturated heterocycles. The quantitative estimate of drug-likeness (QED) is 0.921. The van der Waals surface area contributed by atoms with Gasteiger partial charge in [0.1, 0.15) is 18.2 Å². The van der Waals surface area contributed by atoms with Crippen molar-refractivity contribution in [1.82, 2.24) is 4.98 Å². The fraction of sp³-hybridized carbons (Fsp3) is 0.333. The molecule has 0 radical (unpaired) electrons. The number of ether oxygens (including phenoxy) is 2. The van der Waals surface area contributed by atoms with Crippen LogP contribution in [0.25, 0.3) is 0 Å². The fourth-order valence-corrected chi connectivity index (χ4v) is 2.53. The molecule has 1 amide bonds. The number of nitrogens with zero attached hydrogens (tertiary/aromatic N) is 1. The zero-order chi connectivity index (χ0) is 16.1. The molecule has 3 rings (SSSR count). The van der Waals surface area contributed by atoms with Gasteiger partial charge in [0, 0.05) is 12.8 Å². The van der Waals surface area contributed by atoms with Crippen LogP contribution in [-0.2, 0) is 4.74 Å². The number of rotatable bonds is 5. The molecule has 1 atom stereocenters. The summed E-state index contributed by atoms with van der Waals surface area (Å²) in [7, 11) is 0. The molecule has 1 aromatic carbocycles. The molecule has 1 aliphatic rings. The largest absolute Gasteiger partial charge is 0.490 e. The number of amides is 1. The fourth-order valence-electron chi connectivity index (χ4n) is 2.53. The van der Waals surface area contributed by atoms with E-state index in [1.807, 2.05) is 31.2 Å². The molecule has 1 fully saturated rings. The Labute approximate surface area is 135 Å². The molecular formula is C18H20N2O3. The third-order valence-electron chi connectivity index (χ3n) is 3.74. The molecule has 5 nitrogen and oxygen atoms in total. The Balaban J connectivity index is 1.69. The molecule has 0 unspecified atom stereocenters. The molecule has 5 heteroatoms. The zero-order valence-corrected chi connectivity index (χ0v) is 13.1. The third-order valence-corrected chi connectivity index (χ3v) is 3.74. The van der Waals surface area contributed by atoms with Crippen molar-refractivity contribution in [3.63, 3.8) is 0 Å². The van der Waals surface area contributed by atoms with Crippen molar-refractivity contribution < 1.29 is 14.3 Å². The van der Waals surface area contributed by atoms with Gasteiger partial charge in [-0.3, -0.25) is 4.79 Å². The summed E-state index contributed by atoms with van der Waals surface area (Å²) in [6.45, 7) is 3.21. The van der Waals surface area contributed by atoms with Crippen LogP contribution in [0.3, 0.4) is 0 Å². The molecule has 0 spiro atoms. The van der Waals surface area contributed by atoms with E-state index >= 15 is 0 Å². The van der Waals surface area contributed by atoms with Crippen molar-refractivity contribution in [2.75, 3.05) is 18.5 Å². The minimum atomic E-state index is -0.231. The second-order valence-electron chi connectivity index (χ2n) is 5.61. The number of hydrogen-bond donors (Lipinski definition) is 1. The number of pyridine rings is 1. The van der Waals surface area contributed by atoms with Crippen molar-refractivity contribution in [3.05, 3.63) is 53.7 Å². The topological polar surface area (TPSA) is 60.5 Å². The Morgan fingerprint density at radius 3 is 3.04 bits per heavy atom. The summed E-state index contributed by atoms with van der Waals surface area (Å²) >= 11 is 0. The van der Waals surface area contributed by atoms with E-state index in [0.717, 1.165) is 25.0 Å². The first-order chi connectivity index (χ1) is 11.2. The number of carbonyl (C=O) groups excluding carboxylic acids is 1. The maximum atomic E-state index is 12.5. The Kier molecular flexibility index (Phi) is 4.88. The van der Waals surface area contributed by atoms with E-state index in [0.29, 0.717) is 23.7 Å². The number of aromatic nitrogens is 1. The highest BCUT2D eigenvalue weighted by atomic mass is 16.5. The number of benzene rings is 1. The monoisotopic (exact) mass is 312 g/mol. The van der Waals surface area contributed by atoms with Crippen LogP contribution < -0.4 is 10.1 Å². The summed E-state index contributed by atoms with van der Waals surface area (Å²) in [4.78, 5) is 16.6. The van der Waals surface area contributed by atoms with Crippen molar-refractivity contribution in [1.29, 1.82) is 0 Å². The van der Waals surface area contributed by atoms with E-state index < -0.39 is 0 Å². The molecule has 2 aromatic rings. The molecule has 120 valence electrons. The number of aryl methyl sites for hydroxylation is 1. The first-order valence-corrected chi connectivity index (χ1v) is 7.80. The van der Waals surface area contributed by atoms with Crippen molar-refractivity contribution in [2.45, 2.75) is 25.9 Å². The van der Waals surface area contributed by atoms with E-state index in [9.17, 15) is 4.79 Å². The van der Waals surface area contributed by atoms with Crippen LogP contribution in [0.1, 0.15) is 28.8 Å². The lowest BCUT2D eigenvalue weighted by atomic mass is 10.2. The number of nitrogens with one attached hydrogen (secondary N) is 1. The van der Waals surface area contributed by atoms with Gasteiger partial charge < -0.3 is 14.8 Å². The highest BCUT2D eigenvalue weighted by Crippen LogP contribution is 2.21. The van der Waals surface area contributed by atoms with E-state index in [1.165, 1.54) is 0 Å². The summed E-state index contributed by atoms with van der Waals surface area (Å²) in [5.74, 6) is 0.864. The average Bonchev–Trinajstić information content (AvgIpc) is 3.06. The molecular weight excluding hydrogens is 292 g/mol. The maximum Gasteiger partial charge on any atom is 0.260 e. The lowest BCUT2D eigenvalue weighted by Gasteiger charge is -2.14. The molecule has 0 aliphatic carbocycles. The lowest BCUT2D eigenvalue weighted by molar-refractivity contribution is 0.0673.